The van der Waals surface area contributed by atoms with Gasteiger partial charge in [-0.15, -0.1) is 0 Å². The van der Waals surface area contributed by atoms with E-state index in [1.165, 1.54) is 38.1 Å². The number of carbonyl (C=O) groups excluding carboxylic acids is 1. The molecule has 1 saturated heterocycles. The van der Waals surface area contributed by atoms with Gasteiger partial charge in [0.1, 0.15) is 5.82 Å². The average Bonchev–Trinajstić information content (AvgIpc) is 2.91. The zero-order chi connectivity index (χ0) is 14.2. The van der Waals surface area contributed by atoms with E-state index in [4.69, 9.17) is 0 Å². The summed E-state index contributed by atoms with van der Waals surface area (Å²) < 4.78 is 12.9. The van der Waals surface area contributed by atoms with Crippen LogP contribution in [0, 0.1) is 5.82 Å². The van der Waals surface area contributed by atoms with Gasteiger partial charge >= 0.3 is 0 Å². The molecule has 0 bridgehead atoms. The van der Waals surface area contributed by atoms with Crippen LogP contribution in [0.15, 0.2) is 24.3 Å². The number of anilines is 1. The molecule has 2 rings (SSSR count). The molecule has 1 aromatic rings. The van der Waals surface area contributed by atoms with Gasteiger partial charge in [-0.2, -0.15) is 0 Å². The van der Waals surface area contributed by atoms with Crippen LogP contribution in [0.3, 0.4) is 0 Å². The third kappa shape index (κ3) is 5.27. The number of nitrogens with one attached hydrogen (secondary N) is 2. The third-order valence-corrected chi connectivity index (χ3v) is 3.42. The van der Waals surface area contributed by atoms with Crippen molar-refractivity contribution in [1.29, 1.82) is 0 Å². The molecule has 1 aliphatic heterocycles. The standard InChI is InChI=1S/C15H22FN3O/c16-13-5-3-6-14(11-13)18-15(20)12-17-7-4-10-19-8-1-2-9-19/h3,5-6,11,17H,1-2,4,7-10,12H2,(H,18,20). The van der Waals surface area contributed by atoms with Crippen molar-refractivity contribution in [3.05, 3.63) is 30.1 Å². The number of hydrogen-bond acceptors (Lipinski definition) is 3. The molecule has 110 valence electrons. The lowest BCUT2D eigenvalue weighted by Gasteiger charge is -2.14. The lowest BCUT2D eigenvalue weighted by Crippen LogP contribution is -2.30. The number of carbonyl (C=O) groups is 1. The summed E-state index contributed by atoms with van der Waals surface area (Å²) in [6.45, 7) is 4.60. The topological polar surface area (TPSA) is 44.4 Å². The molecular formula is C15H22FN3O. The van der Waals surface area contributed by atoms with Gasteiger partial charge in [-0.25, -0.2) is 4.39 Å². The van der Waals surface area contributed by atoms with E-state index in [0.29, 0.717) is 5.69 Å². The Morgan fingerprint density at radius 1 is 1.30 bits per heavy atom. The van der Waals surface area contributed by atoms with E-state index in [2.05, 4.69) is 15.5 Å². The van der Waals surface area contributed by atoms with Crippen LogP contribution in [0.4, 0.5) is 10.1 Å². The molecule has 1 heterocycles. The predicted octanol–water partition coefficient (Wildman–Crippen LogP) is 1.84. The van der Waals surface area contributed by atoms with Crippen molar-refractivity contribution in [2.75, 3.05) is 38.0 Å². The molecule has 4 nitrogen and oxygen atoms in total. The van der Waals surface area contributed by atoms with Crippen molar-refractivity contribution >= 4 is 11.6 Å². The second-order valence-electron chi connectivity index (χ2n) is 5.14. The first-order chi connectivity index (χ1) is 9.74. The van der Waals surface area contributed by atoms with Crippen LogP contribution in [0.2, 0.25) is 0 Å². The van der Waals surface area contributed by atoms with Gasteiger partial charge in [-0.05, 0) is 63.6 Å². The largest absolute Gasteiger partial charge is 0.325 e. The van der Waals surface area contributed by atoms with Crippen molar-refractivity contribution in [1.82, 2.24) is 10.2 Å². The minimum absolute atomic E-state index is 0.142. The van der Waals surface area contributed by atoms with Crippen LogP contribution in [0.5, 0.6) is 0 Å². The molecular weight excluding hydrogens is 257 g/mol. The molecule has 0 aromatic heterocycles. The molecule has 5 heteroatoms. The van der Waals surface area contributed by atoms with Crippen molar-refractivity contribution in [2.45, 2.75) is 19.3 Å². The number of rotatable bonds is 7. The second kappa shape index (κ2) is 7.97. The van der Waals surface area contributed by atoms with E-state index < -0.39 is 0 Å². The monoisotopic (exact) mass is 279 g/mol. The number of nitrogens with zero attached hydrogens (tertiary/aromatic N) is 1. The fourth-order valence-electron chi connectivity index (χ4n) is 2.41. The highest BCUT2D eigenvalue weighted by atomic mass is 19.1. The molecule has 1 aliphatic rings. The van der Waals surface area contributed by atoms with Gasteiger partial charge in [0.05, 0.1) is 6.54 Å². The maximum absolute atomic E-state index is 12.9. The summed E-state index contributed by atoms with van der Waals surface area (Å²) in [5, 5.41) is 5.77. The van der Waals surface area contributed by atoms with E-state index >= 15 is 0 Å². The fraction of sp³-hybridized carbons (Fsp3) is 0.533. The molecule has 1 fully saturated rings. The van der Waals surface area contributed by atoms with Crippen molar-refractivity contribution in [3.8, 4) is 0 Å². The molecule has 1 amide bonds. The van der Waals surface area contributed by atoms with Gasteiger partial charge < -0.3 is 15.5 Å². The highest BCUT2D eigenvalue weighted by Gasteiger charge is 2.10. The quantitative estimate of drug-likeness (QED) is 0.749. The maximum atomic E-state index is 12.9. The van der Waals surface area contributed by atoms with E-state index in [9.17, 15) is 9.18 Å². The normalized spacial score (nSPS) is 15.4. The summed E-state index contributed by atoms with van der Waals surface area (Å²) in [6, 6.07) is 5.92. The minimum Gasteiger partial charge on any atom is -0.325 e. The van der Waals surface area contributed by atoms with Crippen LogP contribution in [-0.2, 0) is 4.79 Å². The SMILES string of the molecule is O=C(CNCCCN1CCCC1)Nc1cccc(F)c1. The van der Waals surface area contributed by atoms with Crippen LogP contribution in [0.1, 0.15) is 19.3 Å². The molecule has 0 spiro atoms. The van der Waals surface area contributed by atoms with Crippen LogP contribution in [0.25, 0.3) is 0 Å². The third-order valence-electron chi connectivity index (χ3n) is 3.42. The Balaban J connectivity index is 1.55. The molecule has 0 saturated carbocycles. The summed E-state index contributed by atoms with van der Waals surface area (Å²) in [6.07, 6.45) is 3.67. The van der Waals surface area contributed by atoms with E-state index in [1.54, 1.807) is 12.1 Å². The van der Waals surface area contributed by atoms with Gasteiger partial charge in [0.2, 0.25) is 5.91 Å². The Bertz CT molecular complexity index is 433. The number of halogens is 1. The zero-order valence-corrected chi connectivity index (χ0v) is 11.7. The zero-order valence-electron chi connectivity index (χ0n) is 11.7. The van der Waals surface area contributed by atoms with Crippen LogP contribution in [-0.4, -0.2) is 43.5 Å². The van der Waals surface area contributed by atoms with Crippen molar-refractivity contribution in [3.63, 3.8) is 0 Å². The molecule has 0 atom stereocenters. The number of likely N-dealkylation sites (tertiary alicyclic amines) is 1. The van der Waals surface area contributed by atoms with Crippen molar-refractivity contribution in [2.24, 2.45) is 0 Å². The molecule has 2 N–H and O–H groups in total. The van der Waals surface area contributed by atoms with E-state index in [0.717, 1.165) is 19.5 Å². The maximum Gasteiger partial charge on any atom is 0.238 e. The van der Waals surface area contributed by atoms with Gasteiger partial charge in [0.25, 0.3) is 0 Å². The Morgan fingerprint density at radius 3 is 2.85 bits per heavy atom. The number of amides is 1. The van der Waals surface area contributed by atoms with Gasteiger partial charge in [0.15, 0.2) is 0 Å². The summed E-state index contributed by atoms with van der Waals surface area (Å²) in [4.78, 5) is 14.1. The highest BCUT2D eigenvalue weighted by molar-refractivity contribution is 5.92. The van der Waals surface area contributed by atoms with Gasteiger partial charge in [-0.3, -0.25) is 4.79 Å². The Kier molecular flexibility index (Phi) is 5.95. The lowest BCUT2D eigenvalue weighted by molar-refractivity contribution is -0.115. The van der Waals surface area contributed by atoms with Crippen LogP contribution < -0.4 is 10.6 Å². The highest BCUT2D eigenvalue weighted by Crippen LogP contribution is 2.08. The lowest BCUT2D eigenvalue weighted by atomic mass is 10.3. The fourth-order valence-corrected chi connectivity index (χ4v) is 2.41. The molecule has 0 unspecified atom stereocenters. The first kappa shape index (κ1) is 14.9. The molecule has 0 radical (unpaired) electrons. The molecule has 0 aliphatic carbocycles. The van der Waals surface area contributed by atoms with Gasteiger partial charge in [0, 0.05) is 5.69 Å². The first-order valence-corrected chi connectivity index (χ1v) is 7.22. The van der Waals surface area contributed by atoms with Crippen molar-refractivity contribution < 1.29 is 9.18 Å². The summed E-state index contributed by atoms with van der Waals surface area (Å²) >= 11 is 0. The van der Waals surface area contributed by atoms with Gasteiger partial charge in [-0.1, -0.05) is 6.07 Å². The minimum atomic E-state index is -0.346. The van der Waals surface area contributed by atoms with Crippen LogP contribution >= 0.6 is 0 Å². The second-order valence-corrected chi connectivity index (χ2v) is 5.14. The average molecular weight is 279 g/mol. The molecule has 20 heavy (non-hydrogen) atoms. The first-order valence-electron chi connectivity index (χ1n) is 7.22. The Labute approximate surface area is 119 Å². The predicted molar refractivity (Wildman–Crippen MR) is 78.2 cm³/mol. The number of hydrogen-bond donors (Lipinski definition) is 2. The number of benzene rings is 1. The van der Waals surface area contributed by atoms with E-state index in [1.807, 2.05) is 0 Å². The molecule has 1 aromatic carbocycles. The smallest absolute Gasteiger partial charge is 0.238 e. The van der Waals surface area contributed by atoms with E-state index in [-0.39, 0.29) is 18.3 Å². The Hall–Kier alpha value is -1.46. The summed E-state index contributed by atoms with van der Waals surface area (Å²) in [5.74, 6) is -0.488. The summed E-state index contributed by atoms with van der Waals surface area (Å²) in [7, 11) is 0. The Morgan fingerprint density at radius 2 is 2.10 bits per heavy atom. The summed E-state index contributed by atoms with van der Waals surface area (Å²) in [5.41, 5.74) is 0.494.